The summed E-state index contributed by atoms with van der Waals surface area (Å²) in [5.41, 5.74) is 0. The molecule has 1 rings (SSSR count). The summed E-state index contributed by atoms with van der Waals surface area (Å²) in [7, 11) is 0. The van der Waals surface area contributed by atoms with Gasteiger partial charge in [0.15, 0.2) is 6.10 Å². The lowest BCUT2D eigenvalue weighted by atomic mass is 10.1. The topological polar surface area (TPSA) is 75.6 Å². The Labute approximate surface area is 138 Å². The van der Waals surface area contributed by atoms with Gasteiger partial charge in [-0.3, -0.25) is 9.59 Å². The maximum absolute atomic E-state index is 12.1. The number of carboxylic acid groups (broad SMARTS) is 1. The summed E-state index contributed by atoms with van der Waals surface area (Å²) in [6.45, 7) is 1.79. The van der Waals surface area contributed by atoms with E-state index in [-0.39, 0.29) is 12.5 Å². The number of carboxylic acids is 1. The molecule has 0 heterocycles. The summed E-state index contributed by atoms with van der Waals surface area (Å²) in [4.78, 5) is 22.7. The van der Waals surface area contributed by atoms with Gasteiger partial charge in [-0.1, -0.05) is 57.2 Å². The Kier molecular flexibility index (Phi) is 9.52. The highest BCUT2D eigenvalue weighted by Gasteiger charge is 2.20. The second-order valence-electron chi connectivity index (χ2n) is 5.59. The standard InChI is InChI=1S/C18H27NO4/c1-2-3-4-5-6-10-13-16(18(22)19-14-17(20)21)23-15-11-8-7-9-12-15/h7-9,11-12,16H,2-6,10,13-14H2,1H3,(H,19,22)(H,20,21). The van der Waals surface area contributed by atoms with Crippen molar-refractivity contribution in [1.82, 2.24) is 5.32 Å². The molecule has 5 heteroatoms. The van der Waals surface area contributed by atoms with E-state index >= 15 is 0 Å². The zero-order chi connectivity index (χ0) is 16.9. The summed E-state index contributed by atoms with van der Waals surface area (Å²) >= 11 is 0. The Morgan fingerprint density at radius 2 is 1.74 bits per heavy atom. The molecule has 128 valence electrons. The van der Waals surface area contributed by atoms with Gasteiger partial charge in [-0.15, -0.1) is 0 Å². The van der Waals surface area contributed by atoms with E-state index in [0.717, 1.165) is 19.3 Å². The van der Waals surface area contributed by atoms with E-state index in [2.05, 4.69) is 12.2 Å². The van der Waals surface area contributed by atoms with Gasteiger partial charge in [0, 0.05) is 0 Å². The van der Waals surface area contributed by atoms with Crippen molar-refractivity contribution in [2.45, 2.75) is 58.0 Å². The number of ether oxygens (including phenoxy) is 1. The number of amides is 1. The third-order valence-electron chi connectivity index (χ3n) is 3.55. The van der Waals surface area contributed by atoms with Gasteiger partial charge < -0.3 is 15.2 Å². The number of rotatable bonds is 12. The minimum Gasteiger partial charge on any atom is -0.481 e. The predicted molar refractivity (Wildman–Crippen MR) is 89.5 cm³/mol. The van der Waals surface area contributed by atoms with Crippen LogP contribution in [0.1, 0.15) is 51.9 Å². The number of carbonyl (C=O) groups excluding carboxylic acids is 1. The maximum Gasteiger partial charge on any atom is 0.322 e. The Balaban J connectivity index is 2.47. The molecule has 0 bridgehead atoms. The van der Waals surface area contributed by atoms with Gasteiger partial charge in [0.2, 0.25) is 0 Å². The SMILES string of the molecule is CCCCCCCCC(Oc1ccccc1)C(=O)NCC(=O)O. The largest absolute Gasteiger partial charge is 0.481 e. The molecule has 0 aliphatic rings. The van der Waals surface area contributed by atoms with Crippen LogP contribution in [0.25, 0.3) is 0 Å². The minimum atomic E-state index is -1.06. The number of benzene rings is 1. The molecule has 0 aliphatic heterocycles. The van der Waals surface area contributed by atoms with Gasteiger partial charge in [-0.05, 0) is 25.0 Å². The molecule has 0 radical (unpaired) electrons. The van der Waals surface area contributed by atoms with E-state index in [9.17, 15) is 9.59 Å². The van der Waals surface area contributed by atoms with E-state index in [1.807, 2.05) is 18.2 Å². The molecule has 0 aliphatic carbocycles. The highest BCUT2D eigenvalue weighted by atomic mass is 16.5. The average molecular weight is 321 g/mol. The molecule has 23 heavy (non-hydrogen) atoms. The van der Waals surface area contributed by atoms with E-state index in [0.29, 0.717) is 12.2 Å². The minimum absolute atomic E-state index is 0.371. The second-order valence-corrected chi connectivity index (χ2v) is 5.59. The lowest BCUT2D eigenvalue weighted by Gasteiger charge is -2.18. The van der Waals surface area contributed by atoms with E-state index in [1.54, 1.807) is 12.1 Å². The van der Waals surface area contributed by atoms with Crippen LogP contribution in [-0.2, 0) is 9.59 Å². The smallest absolute Gasteiger partial charge is 0.322 e. The molecule has 0 spiro atoms. The summed E-state index contributed by atoms with van der Waals surface area (Å²) in [5, 5.41) is 11.1. The Hall–Kier alpha value is -2.04. The monoisotopic (exact) mass is 321 g/mol. The molecular formula is C18H27NO4. The lowest BCUT2D eigenvalue weighted by Crippen LogP contribution is -2.40. The number of carbonyl (C=O) groups is 2. The third-order valence-corrected chi connectivity index (χ3v) is 3.55. The van der Waals surface area contributed by atoms with Gasteiger partial charge in [-0.25, -0.2) is 0 Å². The number of para-hydroxylation sites is 1. The quantitative estimate of drug-likeness (QED) is 0.579. The first-order chi connectivity index (χ1) is 11.1. The lowest BCUT2D eigenvalue weighted by molar-refractivity contribution is -0.139. The molecule has 1 aromatic rings. The first kappa shape index (κ1) is 19.0. The van der Waals surface area contributed by atoms with Gasteiger partial charge in [0.1, 0.15) is 12.3 Å². The average Bonchev–Trinajstić information content (AvgIpc) is 2.55. The van der Waals surface area contributed by atoms with Crippen molar-refractivity contribution in [1.29, 1.82) is 0 Å². The summed E-state index contributed by atoms with van der Waals surface area (Å²) in [5.74, 6) is -0.810. The third kappa shape index (κ3) is 8.86. The molecular weight excluding hydrogens is 294 g/mol. The normalized spacial score (nSPS) is 11.7. The molecule has 1 unspecified atom stereocenters. The van der Waals surface area contributed by atoms with Crippen LogP contribution >= 0.6 is 0 Å². The predicted octanol–water partition coefficient (Wildman–Crippen LogP) is 3.39. The zero-order valence-corrected chi connectivity index (χ0v) is 13.8. The van der Waals surface area contributed by atoms with Crippen LogP contribution in [0.5, 0.6) is 5.75 Å². The van der Waals surface area contributed by atoms with Crippen LogP contribution < -0.4 is 10.1 Å². The molecule has 1 aromatic carbocycles. The van der Waals surface area contributed by atoms with Gasteiger partial charge in [0.25, 0.3) is 5.91 Å². The summed E-state index contributed by atoms with van der Waals surface area (Å²) in [6, 6.07) is 9.14. The van der Waals surface area contributed by atoms with Crippen molar-refractivity contribution in [3.8, 4) is 5.75 Å². The highest BCUT2D eigenvalue weighted by Crippen LogP contribution is 2.16. The fourth-order valence-electron chi connectivity index (χ4n) is 2.29. The Morgan fingerprint density at radius 3 is 2.39 bits per heavy atom. The fraction of sp³-hybridized carbons (Fsp3) is 0.556. The number of hydrogen-bond acceptors (Lipinski definition) is 3. The molecule has 0 saturated heterocycles. The van der Waals surface area contributed by atoms with Crippen molar-refractivity contribution >= 4 is 11.9 Å². The zero-order valence-electron chi connectivity index (χ0n) is 13.8. The van der Waals surface area contributed by atoms with E-state index in [1.165, 1.54) is 19.3 Å². The van der Waals surface area contributed by atoms with Crippen LogP contribution in [0, 0.1) is 0 Å². The molecule has 0 saturated carbocycles. The van der Waals surface area contributed by atoms with Crippen molar-refractivity contribution in [2.24, 2.45) is 0 Å². The van der Waals surface area contributed by atoms with E-state index in [4.69, 9.17) is 9.84 Å². The van der Waals surface area contributed by atoms with Gasteiger partial charge in [0.05, 0.1) is 0 Å². The van der Waals surface area contributed by atoms with Crippen LogP contribution in [-0.4, -0.2) is 29.6 Å². The van der Waals surface area contributed by atoms with E-state index < -0.39 is 12.1 Å². The maximum atomic E-state index is 12.1. The Bertz CT molecular complexity index is 461. The number of unbranched alkanes of at least 4 members (excludes halogenated alkanes) is 5. The molecule has 1 amide bonds. The van der Waals surface area contributed by atoms with Crippen molar-refractivity contribution in [3.05, 3.63) is 30.3 Å². The molecule has 0 aromatic heterocycles. The molecule has 5 nitrogen and oxygen atoms in total. The first-order valence-electron chi connectivity index (χ1n) is 8.34. The van der Waals surface area contributed by atoms with Crippen molar-refractivity contribution in [3.63, 3.8) is 0 Å². The van der Waals surface area contributed by atoms with Gasteiger partial charge >= 0.3 is 5.97 Å². The fourth-order valence-corrected chi connectivity index (χ4v) is 2.29. The number of aliphatic carboxylic acids is 1. The second kappa shape index (κ2) is 11.5. The first-order valence-corrected chi connectivity index (χ1v) is 8.34. The molecule has 0 fully saturated rings. The highest BCUT2D eigenvalue weighted by molar-refractivity contribution is 5.84. The van der Waals surface area contributed by atoms with Crippen LogP contribution in [0.15, 0.2) is 30.3 Å². The van der Waals surface area contributed by atoms with Gasteiger partial charge in [-0.2, -0.15) is 0 Å². The Morgan fingerprint density at radius 1 is 1.09 bits per heavy atom. The number of hydrogen-bond donors (Lipinski definition) is 2. The van der Waals surface area contributed by atoms with Crippen molar-refractivity contribution < 1.29 is 19.4 Å². The van der Waals surface area contributed by atoms with Crippen LogP contribution in [0.4, 0.5) is 0 Å². The molecule has 2 N–H and O–H groups in total. The van der Waals surface area contributed by atoms with Crippen molar-refractivity contribution in [2.75, 3.05) is 6.54 Å². The number of nitrogens with one attached hydrogen (secondary N) is 1. The van der Waals surface area contributed by atoms with Crippen LogP contribution in [0.2, 0.25) is 0 Å². The summed E-state index contributed by atoms with van der Waals surface area (Å²) < 4.78 is 5.73. The molecule has 1 atom stereocenters. The summed E-state index contributed by atoms with van der Waals surface area (Å²) in [6.07, 6.45) is 6.70. The van der Waals surface area contributed by atoms with Crippen LogP contribution in [0.3, 0.4) is 0 Å².